The number of hydrogen-bond donors (Lipinski definition) is 0. The molecule has 2 unspecified atom stereocenters. The Morgan fingerprint density at radius 1 is 0.688 bits per heavy atom. The molecule has 0 aliphatic heterocycles. The van der Waals surface area contributed by atoms with Crippen LogP contribution in [0.4, 0.5) is 35.1 Å². The van der Waals surface area contributed by atoms with Crippen LogP contribution in [0, 0.1) is 11.8 Å². The van der Waals surface area contributed by atoms with Gasteiger partial charge in [0.05, 0.1) is 5.92 Å². The molecular formula is C8H8F8. The molecule has 1 aliphatic rings. The molecule has 0 heterocycles. The monoisotopic (exact) mass is 256 g/mol. The molecule has 0 radical (unpaired) electrons. The molecule has 1 rings (SSSR count). The predicted octanol–water partition coefficient (Wildman–Crippen LogP) is 4.16. The highest BCUT2D eigenvalue weighted by atomic mass is 19.4. The van der Waals surface area contributed by atoms with Gasteiger partial charge in [0, 0.05) is 5.92 Å². The van der Waals surface area contributed by atoms with Gasteiger partial charge in [-0.25, -0.2) is 0 Å². The van der Waals surface area contributed by atoms with Gasteiger partial charge >= 0.3 is 18.3 Å². The van der Waals surface area contributed by atoms with Crippen molar-refractivity contribution in [1.82, 2.24) is 0 Å². The van der Waals surface area contributed by atoms with E-state index < -0.39 is 43.0 Å². The van der Waals surface area contributed by atoms with Crippen molar-refractivity contribution in [3.8, 4) is 0 Å². The van der Waals surface area contributed by atoms with Gasteiger partial charge < -0.3 is 0 Å². The van der Waals surface area contributed by atoms with Gasteiger partial charge in [0.2, 0.25) is 0 Å². The smallest absolute Gasteiger partial charge is 0.196 e. The minimum absolute atomic E-state index is 0.263. The zero-order chi connectivity index (χ0) is 12.8. The van der Waals surface area contributed by atoms with E-state index in [9.17, 15) is 35.1 Å². The second-order valence-corrected chi connectivity index (χ2v) is 3.81. The molecule has 1 fully saturated rings. The van der Waals surface area contributed by atoms with Crippen molar-refractivity contribution in [2.45, 2.75) is 37.5 Å². The molecule has 1 saturated carbocycles. The molecule has 0 bridgehead atoms. The maximum atomic E-state index is 12.8. The molecule has 0 aromatic carbocycles. The van der Waals surface area contributed by atoms with Crippen molar-refractivity contribution >= 4 is 0 Å². The summed E-state index contributed by atoms with van der Waals surface area (Å²) >= 11 is 0. The Kier molecular flexibility index (Phi) is 3.15. The standard InChI is InChI=1S/C8H8F8/c9-6(10,8(14,15)16)4-2-1-3-5(4)7(11,12)13/h4-5H,1-3H2. The van der Waals surface area contributed by atoms with Crippen LogP contribution in [0.1, 0.15) is 19.3 Å². The largest absolute Gasteiger partial charge is 0.453 e. The van der Waals surface area contributed by atoms with Gasteiger partial charge in [0.1, 0.15) is 0 Å². The van der Waals surface area contributed by atoms with Crippen LogP contribution in [-0.4, -0.2) is 18.3 Å². The normalized spacial score (nSPS) is 28.5. The van der Waals surface area contributed by atoms with E-state index >= 15 is 0 Å². The van der Waals surface area contributed by atoms with Gasteiger partial charge in [-0.3, -0.25) is 0 Å². The second kappa shape index (κ2) is 3.73. The summed E-state index contributed by atoms with van der Waals surface area (Å²) in [6.45, 7) is 0. The summed E-state index contributed by atoms with van der Waals surface area (Å²) in [6.07, 6.45) is -12.6. The van der Waals surface area contributed by atoms with Crippen LogP contribution in [0.25, 0.3) is 0 Å². The number of rotatable bonds is 1. The zero-order valence-electron chi connectivity index (χ0n) is 7.80. The third-order valence-electron chi connectivity index (χ3n) is 2.78. The first-order valence-corrected chi connectivity index (χ1v) is 4.49. The first-order valence-electron chi connectivity index (χ1n) is 4.49. The van der Waals surface area contributed by atoms with E-state index in [1.54, 1.807) is 0 Å². The van der Waals surface area contributed by atoms with Gasteiger partial charge in [-0.05, 0) is 12.8 Å². The van der Waals surface area contributed by atoms with Crippen LogP contribution >= 0.6 is 0 Å². The summed E-state index contributed by atoms with van der Waals surface area (Å²) in [5.41, 5.74) is 0. The first-order chi connectivity index (χ1) is 6.98. The van der Waals surface area contributed by atoms with Crippen molar-refractivity contribution in [2.24, 2.45) is 11.8 Å². The van der Waals surface area contributed by atoms with E-state index in [-0.39, 0.29) is 6.42 Å². The van der Waals surface area contributed by atoms with E-state index in [2.05, 4.69) is 0 Å². The molecule has 0 aromatic heterocycles. The molecule has 1 aliphatic carbocycles. The molecule has 0 nitrogen and oxygen atoms in total. The van der Waals surface area contributed by atoms with Crippen LogP contribution in [-0.2, 0) is 0 Å². The highest BCUT2D eigenvalue weighted by Gasteiger charge is 2.67. The summed E-state index contributed by atoms with van der Waals surface area (Å²) in [5.74, 6) is -10.5. The maximum absolute atomic E-state index is 12.8. The Morgan fingerprint density at radius 3 is 1.50 bits per heavy atom. The van der Waals surface area contributed by atoms with Crippen LogP contribution in [0.5, 0.6) is 0 Å². The molecule has 0 saturated heterocycles. The average molecular weight is 256 g/mol. The average Bonchev–Trinajstić information content (AvgIpc) is 2.47. The van der Waals surface area contributed by atoms with Crippen molar-refractivity contribution in [2.75, 3.05) is 0 Å². The molecule has 0 aromatic rings. The molecule has 0 spiro atoms. The van der Waals surface area contributed by atoms with Crippen LogP contribution < -0.4 is 0 Å². The fraction of sp³-hybridized carbons (Fsp3) is 1.00. The first kappa shape index (κ1) is 13.5. The number of halogens is 8. The second-order valence-electron chi connectivity index (χ2n) is 3.81. The van der Waals surface area contributed by atoms with Gasteiger partial charge in [0.25, 0.3) is 0 Å². The molecule has 16 heavy (non-hydrogen) atoms. The van der Waals surface area contributed by atoms with Crippen LogP contribution in [0.3, 0.4) is 0 Å². The summed E-state index contributed by atoms with van der Waals surface area (Å²) in [6, 6.07) is 0. The van der Waals surface area contributed by atoms with Crippen LogP contribution in [0.2, 0.25) is 0 Å². The van der Waals surface area contributed by atoms with E-state index in [4.69, 9.17) is 0 Å². The molecule has 0 amide bonds. The van der Waals surface area contributed by atoms with E-state index in [1.807, 2.05) is 0 Å². The molecule has 96 valence electrons. The highest BCUT2D eigenvalue weighted by Crippen LogP contribution is 2.54. The summed E-state index contributed by atoms with van der Waals surface area (Å²) in [4.78, 5) is 0. The molecule has 0 N–H and O–H groups in total. The predicted molar refractivity (Wildman–Crippen MR) is 37.9 cm³/mol. The fourth-order valence-electron chi connectivity index (χ4n) is 2.00. The maximum Gasteiger partial charge on any atom is 0.453 e. The van der Waals surface area contributed by atoms with Gasteiger partial charge in [0.15, 0.2) is 0 Å². The third-order valence-corrected chi connectivity index (χ3v) is 2.78. The number of hydrogen-bond acceptors (Lipinski definition) is 0. The van der Waals surface area contributed by atoms with Crippen molar-refractivity contribution in [3.05, 3.63) is 0 Å². The van der Waals surface area contributed by atoms with E-state index in [0.29, 0.717) is 0 Å². The quantitative estimate of drug-likeness (QED) is 0.618. The molecular weight excluding hydrogens is 248 g/mol. The Morgan fingerprint density at radius 2 is 1.12 bits per heavy atom. The Balaban J connectivity index is 2.96. The lowest BCUT2D eigenvalue weighted by atomic mass is 9.89. The molecule has 2 atom stereocenters. The summed E-state index contributed by atoms with van der Waals surface area (Å²) in [5, 5.41) is 0. The Hall–Kier alpha value is -0.560. The van der Waals surface area contributed by atoms with E-state index in [1.165, 1.54) is 0 Å². The molecule has 8 heteroatoms. The minimum atomic E-state index is -5.93. The van der Waals surface area contributed by atoms with E-state index in [0.717, 1.165) is 0 Å². The Bertz CT molecular complexity index is 250. The lowest BCUT2D eigenvalue weighted by Gasteiger charge is -2.30. The summed E-state index contributed by atoms with van der Waals surface area (Å²) < 4.78 is 98.1. The highest BCUT2D eigenvalue weighted by molar-refractivity contribution is 4.94. The lowest BCUT2D eigenvalue weighted by Crippen LogP contribution is -2.47. The van der Waals surface area contributed by atoms with Gasteiger partial charge in [-0.2, -0.15) is 35.1 Å². The fourth-order valence-corrected chi connectivity index (χ4v) is 2.00. The van der Waals surface area contributed by atoms with Crippen molar-refractivity contribution in [3.63, 3.8) is 0 Å². The third kappa shape index (κ3) is 2.24. The Labute approximate surface area is 85.6 Å². The van der Waals surface area contributed by atoms with Crippen molar-refractivity contribution in [1.29, 1.82) is 0 Å². The van der Waals surface area contributed by atoms with Gasteiger partial charge in [-0.15, -0.1) is 0 Å². The minimum Gasteiger partial charge on any atom is -0.196 e. The zero-order valence-corrected chi connectivity index (χ0v) is 7.80. The SMILES string of the molecule is FC(F)(F)C1CCCC1C(F)(F)C(F)(F)F. The topological polar surface area (TPSA) is 0 Å². The van der Waals surface area contributed by atoms with Crippen molar-refractivity contribution < 1.29 is 35.1 Å². The van der Waals surface area contributed by atoms with Crippen LogP contribution in [0.15, 0.2) is 0 Å². The van der Waals surface area contributed by atoms with Gasteiger partial charge in [-0.1, -0.05) is 6.42 Å². The number of alkyl halides is 8. The summed E-state index contributed by atoms with van der Waals surface area (Å²) in [7, 11) is 0. The lowest BCUT2D eigenvalue weighted by molar-refractivity contribution is -0.320.